The molecule has 0 aromatic heterocycles. The van der Waals surface area contributed by atoms with Crippen LogP contribution in [0, 0.1) is 0 Å². The maximum Gasteiger partial charge on any atom is 0.325 e. The summed E-state index contributed by atoms with van der Waals surface area (Å²) in [6.07, 6.45) is 4.59. The topological polar surface area (TPSA) is 63.3 Å². The Labute approximate surface area is 88.9 Å². The molecule has 0 spiro atoms. The van der Waals surface area contributed by atoms with Gasteiger partial charge in [-0.05, 0) is 42.4 Å². The smallest absolute Gasteiger partial charge is 0.325 e. The second kappa shape index (κ2) is 4.03. The highest BCUT2D eigenvalue weighted by Gasteiger charge is 2.16. The summed E-state index contributed by atoms with van der Waals surface area (Å²) in [6.45, 7) is 0. The first-order chi connectivity index (χ1) is 7.18. The SMILES string of the molecule is N[C@H](C(=O)O)c1ccc2c(c1)CCCC2. The van der Waals surface area contributed by atoms with Gasteiger partial charge in [0.2, 0.25) is 0 Å². The van der Waals surface area contributed by atoms with Crippen LogP contribution >= 0.6 is 0 Å². The largest absolute Gasteiger partial charge is 0.480 e. The Balaban J connectivity index is 2.31. The summed E-state index contributed by atoms with van der Waals surface area (Å²) < 4.78 is 0. The summed E-state index contributed by atoms with van der Waals surface area (Å²) in [4.78, 5) is 10.7. The van der Waals surface area contributed by atoms with Gasteiger partial charge in [-0.15, -0.1) is 0 Å². The molecule has 0 heterocycles. The molecule has 0 bridgehead atoms. The molecule has 80 valence electrons. The standard InChI is InChI=1S/C12H15NO2/c13-11(12(14)15)10-6-5-8-3-1-2-4-9(8)7-10/h5-7,11H,1-4,13H2,(H,14,15)/t11-/m0/s1. The fraction of sp³-hybridized carbons (Fsp3) is 0.417. The zero-order valence-corrected chi connectivity index (χ0v) is 8.57. The van der Waals surface area contributed by atoms with Gasteiger partial charge in [-0.25, -0.2) is 0 Å². The van der Waals surface area contributed by atoms with Crippen LogP contribution in [0.2, 0.25) is 0 Å². The number of benzene rings is 1. The number of nitrogens with two attached hydrogens (primary N) is 1. The lowest BCUT2D eigenvalue weighted by molar-refractivity contribution is -0.138. The summed E-state index contributed by atoms with van der Waals surface area (Å²) >= 11 is 0. The zero-order valence-electron chi connectivity index (χ0n) is 8.57. The molecule has 1 atom stereocenters. The van der Waals surface area contributed by atoms with E-state index < -0.39 is 12.0 Å². The van der Waals surface area contributed by atoms with Crippen LogP contribution < -0.4 is 5.73 Å². The monoisotopic (exact) mass is 205 g/mol. The van der Waals surface area contributed by atoms with E-state index in [4.69, 9.17) is 10.8 Å². The Hall–Kier alpha value is -1.35. The van der Waals surface area contributed by atoms with E-state index in [0.717, 1.165) is 12.8 Å². The fourth-order valence-corrected chi connectivity index (χ4v) is 2.09. The third kappa shape index (κ3) is 2.02. The number of carboxylic acids is 1. The highest BCUT2D eigenvalue weighted by atomic mass is 16.4. The number of fused-ring (bicyclic) bond motifs is 1. The molecule has 1 aromatic rings. The van der Waals surface area contributed by atoms with Crippen molar-refractivity contribution in [3.63, 3.8) is 0 Å². The molecule has 1 aliphatic carbocycles. The molecule has 0 amide bonds. The normalized spacial score (nSPS) is 16.9. The maximum atomic E-state index is 10.7. The minimum atomic E-state index is -0.967. The van der Waals surface area contributed by atoms with Crippen molar-refractivity contribution in [2.45, 2.75) is 31.7 Å². The summed E-state index contributed by atoms with van der Waals surface area (Å²) in [5, 5.41) is 8.81. The molecule has 0 unspecified atom stereocenters. The first kappa shape index (κ1) is 10.2. The Kier molecular flexibility index (Phi) is 2.73. The van der Waals surface area contributed by atoms with Crippen molar-refractivity contribution in [3.05, 3.63) is 34.9 Å². The molecular formula is C12H15NO2. The average Bonchev–Trinajstić information content (AvgIpc) is 2.27. The van der Waals surface area contributed by atoms with Gasteiger partial charge in [0.15, 0.2) is 0 Å². The number of carboxylic acid groups (broad SMARTS) is 1. The van der Waals surface area contributed by atoms with Crippen LogP contribution in [0.4, 0.5) is 0 Å². The highest BCUT2D eigenvalue weighted by Crippen LogP contribution is 2.24. The van der Waals surface area contributed by atoms with Crippen LogP contribution in [0.25, 0.3) is 0 Å². The molecule has 3 heteroatoms. The van der Waals surface area contributed by atoms with Gasteiger partial charge in [0, 0.05) is 0 Å². The number of hydrogen-bond acceptors (Lipinski definition) is 2. The summed E-state index contributed by atoms with van der Waals surface area (Å²) in [6, 6.07) is 4.92. The van der Waals surface area contributed by atoms with Crippen molar-refractivity contribution in [3.8, 4) is 0 Å². The first-order valence-corrected chi connectivity index (χ1v) is 5.28. The minimum absolute atomic E-state index is 0.711. The lowest BCUT2D eigenvalue weighted by atomic mass is 9.89. The van der Waals surface area contributed by atoms with Crippen molar-refractivity contribution < 1.29 is 9.90 Å². The average molecular weight is 205 g/mol. The number of rotatable bonds is 2. The molecule has 0 radical (unpaired) electrons. The summed E-state index contributed by atoms with van der Waals surface area (Å²) in [5.74, 6) is -0.967. The van der Waals surface area contributed by atoms with Gasteiger partial charge in [0.05, 0.1) is 0 Å². The Morgan fingerprint density at radius 2 is 1.93 bits per heavy atom. The van der Waals surface area contributed by atoms with Crippen LogP contribution in [-0.4, -0.2) is 11.1 Å². The third-order valence-corrected chi connectivity index (χ3v) is 3.00. The van der Waals surface area contributed by atoms with Crippen LogP contribution in [0.1, 0.15) is 35.6 Å². The van der Waals surface area contributed by atoms with Crippen LogP contribution in [0.15, 0.2) is 18.2 Å². The number of aliphatic carboxylic acids is 1. The van der Waals surface area contributed by atoms with E-state index in [1.165, 1.54) is 24.0 Å². The molecule has 0 saturated carbocycles. The molecule has 15 heavy (non-hydrogen) atoms. The second-order valence-corrected chi connectivity index (χ2v) is 4.05. The van der Waals surface area contributed by atoms with E-state index in [0.29, 0.717) is 5.56 Å². The highest BCUT2D eigenvalue weighted by molar-refractivity contribution is 5.75. The quantitative estimate of drug-likeness (QED) is 0.771. The van der Waals surface area contributed by atoms with E-state index >= 15 is 0 Å². The van der Waals surface area contributed by atoms with Gasteiger partial charge in [-0.1, -0.05) is 18.2 Å². The van der Waals surface area contributed by atoms with Crippen molar-refractivity contribution in [1.29, 1.82) is 0 Å². The zero-order chi connectivity index (χ0) is 10.8. The van der Waals surface area contributed by atoms with Gasteiger partial charge in [-0.3, -0.25) is 4.79 Å². The van der Waals surface area contributed by atoms with Crippen LogP contribution in [0.3, 0.4) is 0 Å². The van der Waals surface area contributed by atoms with Gasteiger partial charge in [0.1, 0.15) is 6.04 Å². The molecule has 3 N–H and O–H groups in total. The van der Waals surface area contributed by atoms with Gasteiger partial charge >= 0.3 is 5.97 Å². The fourth-order valence-electron chi connectivity index (χ4n) is 2.09. The molecule has 0 fully saturated rings. The predicted octanol–water partition coefficient (Wildman–Crippen LogP) is 1.65. The van der Waals surface area contributed by atoms with Gasteiger partial charge < -0.3 is 10.8 Å². The van der Waals surface area contributed by atoms with E-state index in [2.05, 4.69) is 0 Å². The molecule has 1 aliphatic rings. The third-order valence-electron chi connectivity index (χ3n) is 3.00. The van der Waals surface area contributed by atoms with Crippen molar-refractivity contribution in [2.24, 2.45) is 5.73 Å². The van der Waals surface area contributed by atoms with Crippen molar-refractivity contribution >= 4 is 5.97 Å². The molecular weight excluding hydrogens is 190 g/mol. The summed E-state index contributed by atoms with van der Waals surface area (Å²) in [5.41, 5.74) is 8.91. The van der Waals surface area contributed by atoms with Crippen molar-refractivity contribution in [2.75, 3.05) is 0 Å². The number of carbonyl (C=O) groups is 1. The lowest BCUT2D eigenvalue weighted by Crippen LogP contribution is -2.21. The minimum Gasteiger partial charge on any atom is -0.480 e. The Morgan fingerprint density at radius 1 is 1.27 bits per heavy atom. The predicted molar refractivity (Wildman–Crippen MR) is 57.6 cm³/mol. The number of aryl methyl sites for hydroxylation is 2. The maximum absolute atomic E-state index is 10.7. The van der Waals surface area contributed by atoms with E-state index in [-0.39, 0.29) is 0 Å². The van der Waals surface area contributed by atoms with E-state index in [9.17, 15) is 4.79 Å². The summed E-state index contributed by atoms with van der Waals surface area (Å²) in [7, 11) is 0. The molecule has 2 rings (SSSR count). The van der Waals surface area contributed by atoms with E-state index in [1.54, 1.807) is 0 Å². The molecule has 1 aromatic carbocycles. The molecule has 0 aliphatic heterocycles. The lowest BCUT2D eigenvalue weighted by Gasteiger charge is -2.17. The Bertz CT molecular complexity index is 387. The second-order valence-electron chi connectivity index (χ2n) is 4.05. The van der Waals surface area contributed by atoms with Crippen molar-refractivity contribution in [1.82, 2.24) is 0 Å². The molecule has 3 nitrogen and oxygen atoms in total. The van der Waals surface area contributed by atoms with Crippen LogP contribution in [-0.2, 0) is 17.6 Å². The van der Waals surface area contributed by atoms with Gasteiger partial charge in [0.25, 0.3) is 0 Å². The Morgan fingerprint density at radius 3 is 2.60 bits per heavy atom. The van der Waals surface area contributed by atoms with E-state index in [1.807, 2.05) is 18.2 Å². The number of hydrogen-bond donors (Lipinski definition) is 2. The van der Waals surface area contributed by atoms with Gasteiger partial charge in [-0.2, -0.15) is 0 Å². The first-order valence-electron chi connectivity index (χ1n) is 5.28. The molecule has 0 saturated heterocycles. The van der Waals surface area contributed by atoms with Crippen LogP contribution in [0.5, 0.6) is 0 Å².